The lowest BCUT2D eigenvalue weighted by molar-refractivity contribution is -0.122. The molecule has 0 saturated carbocycles. The molecule has 3 heterocycles. The number of hydrogen-bond donors (Lipinski definition) is 2. The topological polar surface area (TPSA) is 71.4 Å². The number of anilines is 1. The molecule has 7 heteroatoms. The lowest BCUT2D eigenvalue weighted by atomic mass is 10.1. The van der Waals surface area contributed by atoms with Crippen LogP contribution in [-0.2, 0) is 23.1 Å². The zero-order valence-corrected chi connectivity index (χ0v) is 14.1. The Labute approximate surface area is 137 Å². The van der Waals surface area contributed by atoms with Gasteiger partial charge in [-0.3, -0.25) is 9.48 Å². The van der Waals surface area contributed by atoms with Crippen molar-refractivity contribution in [1.82, 2.24) is 20.4 Å². The van der Waals surface area contributed by atoms with Crippen LogP contribution in [0.3, 0.4) is 0 Å². The van der Waals surface area contributed by atoms with Crippen LogP contribution in [0.2, 0.25) is 0 Å². The van der Waals surface area contributed by atoms with Crippen molar-refractivity contribution in [2.45, 2.75) is 38.8 Å². The molecule has 1 atom stereocenters. The van der Waals surface area contributed by atoms with Gasteiger partial charge in [0, 0.05) is 38.8 Å². The molecule has 0 bridgehead atoms. The molecule has 2 aliphatic rings. The zero-order valence-electron chi connectivity index (χ0n) is 14.1. The Bertz CT molecular complexity index is 551. The lowest BCUT2D eigenvalue weighted by Crippen LogP contribution is -2.43. The molecular weight excluding hydrogens is 294 g/mol. The molecule has 3 rings (SSSR count). The minimum Gasteiger partial charge on any atom is -0.378 e. The van der Waals surface area contributed by atoms with E-state index in [1.54, 1.807) is 0 Å². The molecule has 1 aromatic rings. The van der Waals surface area contributed by atoms with E-state index in [4.69, 9.17) is 4.74 Å². The van der Waals surface area contributed by atoms with E-state index in [9.17, 15) is 4.79 Å². The van der Waals surface area contributed by atoms with Crippen molar-refractivity contribution in [3.63, 3.8) is 0 Å². The Morgan fingerprint density at radius 3 is 2.91 bits per heavy atom. The van der Waals surface area contributed by atoms with E-state index in [0.29, 0.717) is 6.54 Å². The van der Waals surface area contributed by atoms with Crippen LogP contribution in [0, 0.1) is 6.92 Å². The first-order valence-corrected chi connectivity index (χ1v) is 8.53. The SMILES string of the molecule is Cc1nn(C)c(N2CCOCC2)c1CN[C@@H]1CCCCNC1=O. The van der Waals surface area contributed by atoms with Gasteiger partial charge < -0.3 is 20.3 Å². The van der Waals surface area contributed by atoms with E-state index in [2.05, 4.69) is 20.6 Å². The summed E-state index contributed by atoms with van der Waals surface area (Å²) in [5, 5.41) is 11.0. The first-order valence-electron chi connectivity index (χ1n) is 8.53. The predicted octanol–water partition coefficient (Wildman–Crippen LogP) is 0.323. The summed E-state index contributed by atoms with van der Waals surface area (Å²) in [5.41, 5.74) is 2.21. The van der Waals surface area contributed by atoms with Crippen molar-refractivity contribution in [2.75, 3.05) is 37.7 Å². The number of aromatic nitrogens is 2. The van der Waals surface area contributed by atoms with Gasteiger partial charge in [-0.15, -0.1) is 0 Å². The quantitative estimate of drug-likeness (QED) is 0.836. The van der Waals surface area contributed by atoms with Gasteiger partial charge in [-0.05, 0) is 26.2 Å². The number of carbonyl (C=O) groups excluding carboxylic acids is 1. The summed E-state index contributed by atoms with van der Waals surface area (Å²) < 4.78 is 7.40. The normalized spacial score (nSPS) is 22.8. The number of aryl methyl sites for hydroxylation is 2. The van der Waals surface area contributed by atoms with Crippen LogP contribution >= 0.6 is 0 Å². The maximum atomic E-state index is 12.1. The molecule has 2 aliphatic heterocycles. The van der Waals surface area contributed by atoms with Gasteiger partial charge >= 0.3 is 0 Å². The van der Waals surface area contributed by atoms with Gasteiger partial charge in [-0.25, -0.2) is 0 Å². The Morgan fingerprint density at radius 2 is 2.13 bits per heavy atom. The smallest absolute Gasteiger partial charge is 0.237 e. The van der Waals surface area contributed by atoms with Crippen LogP contribution in [0.25, 0.3) is 0 Å². The van der Waals surface area contributed by atoms with Crippen molar-refractivity contribution in [2.24, 2.45) is 7.05 Å². The number of nitrogens with one attached hydrogen (secondary N) is 2. The second-order valence-electron chi connectivity index (χ2n) is 6.33. The molecule has 128 valence electrons. The molecule has 0 spiro atoms. The van der Waals surface area contributed by atoms with Crippen molar-refractivity contribution >= 4 is 11.7 Å². The monoisotopic (exact) mass is 321 g/mol. The van der Waals surface area contributed by atoms with Crippen molar-refractivity contribution in [1.29, 1.82) is 0 Å². The number of hydrogen-bond acceptors (Lipinski definition) is 5. The van der Waals surface area contributed by atoms with E-state index in [-0.39, 0.29) is 11.9 Å². The molecule has 2 saturated heterocycles. The summed E-state index contributed by atoms with van der Waals surface area (Å²) in [4.78, 5) is 14.4. The first kappa shape index (κ1) is 16.3. The summed E-state index contributed by atoms with van der Waals surface area (Å²) >= 11 is 0. The van der Waals surface area contributed by atoms with Crippen molar-refractivity contribution < 1.29 is 9.53 Å². The zero-order chi connectivity index (χ0) is 16.2. The lowest BCUT2D eigenvalue weighted by Gasteiger charge is -2.30. The molecule has 0 aliphatic carbocycles. The van der Waals surface area contributed by atoms with Gasteiger partial charge in [0.15, 0.2) is 0 Å². The third-order valence-corrected chi connectivity index (χ3v) is 4.68. The highest BCUT2D eigenvalue weighted by molar-refractivity contribution is 5.81. The molecule has 23 heavy (non-hydrogen) atoms. The molecule has 1 amide bonds. The largest absolute Gasteiger partial charge is 0.378 e. The van der Waals surface area contributed by atoms with Crippen molar-refractivity contribution in [3.05, 3.63) is 11.3 Å². The Kier molecular flexibility index (Phi) is 5.17. The minimum absolute atomic E-state index is 0.102. The summed E-state index contributed by atoms with van der Waals surface area (Å²) in [6.45, 7) is 6.77. The highest BCUT2D eigenvalue weighted by Gasteiger charge is 2.24. The highest BCUT2D eigenvalue weighted by atomic mass is 16.5. The van der Waals surface area contributed by atoms with Gasteiger partial charge in [-0.1, -0.05) is 0 Å². The van der Waals surface area contributed by atoms with Gasteiger partial charge in [0.05, 0.1) is 24.9 Å². The van der Waals surface area contributed by atoms with Gasteiger partial charge in [0.1, 0.15) is 5.82 Å². The fraction of sp³-hybridized carbons (Fsp3) is 0.750. The molecule has 2 fully saturated rings. The van der Waals surface area contributed by atoms with Gasteiger partial charge in [0.2, 0.25) is 5.91 Å². The third-order valence-electron chi connectivity index (χ3n) is 4.68. The maximum Gasteiger partial charge on any atom is 0.237 e. The van der Waals surface area contributed by atoms with E-state index < -0.39 is 0 Å². The average molecular weight is 321 g/mol. The van der Waals surface area contributed by atoms with E-state index in [1.807, 2.05) is 18.7 Å². The average Bonchev–Trinajstić information content (AvgIpc) is 2.70. The molecule has 7 nitrogen and oxygen atoms in total. The Hall–Kier alpha value is -1.60. The van der Waals surface area contributed by atoms with Crippen LogP contribution in [0.1, 0.15) is 30.5 Å². The van der Waals surface area contributed by atoms with Crippen LogP contribution in [0.15, 0.2) is 0 Å². The maximum absolute atomic E-state index is 12.1. The standard InChI is InChI=1S/C16H27N5O2/c1-12-13(11-18-14-5-3-4-6-17-15(14)22)16(20(2)19-12)21-7-9-23-10-8-21/h14,18H,3-11H2,1-2H3,(H,17,22)/t14-/m1/s1. The molecule has 2 N–H and O–H groups in total. The molecule has 0 radical (unpaired) electrons. The number of ether oxygens (including phenoxy) is 1. The second-order valence-corrected chi connectivity index (χ2v) is 6.33. The highest BCUT2D eigenvalue weighted by Crippen LogP contribution is 2.24. The minimum atomic E-state index is -0.102. The Morgan fingerprint density at radius 1 is 1.35 bits per heavy atom. The number of amides is 1. The van der Waals surface area contributed by atoms with Crippen LogP contribution in [0.4, 0.5) is 5.82 Å². The van der Waals surface area contributed by atoms with Gasteiger partial charge in [-0.2, -0.15) is 5.10 Å². The summed E-state index contributed by atoms with van der Waals surface area (Å²) in [6, 6.07) is -0.102. The fourth-order valence-corrected chi connectivity index (χ4v) is 3.43. The first-order chi connectivity index (χ1) is 11.2. The van der Waals surface area contributed by atoms with Crippen LogP contribution in [0.5, 0.6) is 0 Å². The number of rotatable bonds is 4. The predicted molar refractivity (Wildman–Crippen MR) is 88.5 cm³/mol. The molecule has 0 aromatic carbocycles. The number of carbonyl (C=O) groups is 1. The number of nitrogens with zero attached hydrogens (tertiary/aromatic N) is 3. The Balaban J connectivity index is 1.72. The van der Waals surface area contributed by atoms with E-state index >= 15 is 0 Å². The molecular formula is C16H27N5O2. The second kappa shape index (κ2) is 7.31. The van der Waals surface area contributed by atoms with E-state index in [0.717, 1.165) is 63.6 Å². The molecule has 0 unspecified atom stereocenters. The summed E-state index contributed by atoms with van der Waals surface area (Å²) in [7, 11) is 1.99. The van der Waals surface area contributed by atoms with Gasteiger partial charge in [0.25, 0.3) is 0 Å². The summed E-state index contributed by atoms with van der Waals surface area (Å²) in [6.07, 6.45) is 3.05. The van der Waals surface area contributed by atoms with Crippen molar-refractivity contribution in [3.8, 4) is 0 Å². The fourth-order valence-electron chi connectivity index (χ4n) is 3.43. The van der Waals surface area contributed by atoms with Crippen LogP contribution in [-0.4, -0.2) is 54.6 Å². The molecule has 1 aromatic heterocycles. The van der Waals surface area contributed by atoms with E-state index in [1.165, 1.54) is 5.56 Å². The van der Waals surface area contributed by atoms with Crippen LogP contribution < -0.4 is 15.5 Å². The third kappa shape index (κ3) is 3.67. The number of morpholine rings is 1. The summed E-state index contributed by atoms with van der Waals surface area (Å²) in [5.74, 6) is 1.27.